The van der Waals surface area contributed by atoms with Crippen molar-refractivity contribution in [1.82, 2.24) is 20.0 Å². The number of fused-ring (bicyclic) bond motifs is 3. The molecule has 0 amide bonds. The Hall–Kier alpha value is -3.68. The van der Waals surface area contributed by atoms with Gasteiger partial charge in [-0.15, -0.1) is 5.10 Å². The Morgan fingerprint density at radius 1 is 1.07 bits per heavy atom. The normalized spacial score (nSPS) is 11.1. The van der Waals surface area contributed by atoms with Crippen molar-refractivity contribution < 1.29 is 19.1 Å². The maximum atomic E-state index is 12.6. The molecule has 0 spiro atoms. The molecule has 4 rings (SSSR count). The van der Waals surface area contributed by atoms with E-state index in [0.29, 0.717) is 10.9 Å². The average molecular weight is 378 g/mol. The Morgan fingerprint density at radius 3 is 2.57 bits per heavy atom. The predicted octanol–water partition coefficient (Wildman–Crippen LogP) is 3.26. The van der Waals surface area contributed by atoms with Gasteiger partial charge in [0.15, 0.2) is 0 Å². The van der Waals surface area contributed by atoms with Crippen LogP contribution in [0.1, 0.15) is 34.7 Å². The molecular formula is C20H18N4O4. The number of rotatable bonds is 5. The van der Waals surface area contributed by atoms with Crippen LogP contribution in [0, 0.1) is 0 Å². The summed E-state index contributed by atoms with van der Waals surface area (Å²) in [5, 5.41) is 10.3. The van der Waals surface area contributed by atoms with E-state index in [1.165, 1.54) is 0 Å². The van der Waals surface area contributed by atoms with Crippen LogP contribution in [0.3, 0.4) is 0 Å². The Morgan fingerprint density at radius 2 is 1.86 bits per heavy atom. The van der Waals surface area contributed by atoms with Crippen LogP contribution in [-0.2, 0) is 9.47 Å². The predicted molar refractivity (Wildman–Crippen MR) is 103 cm³/mol. The zero-order valence-electron chi connectivity index (χ0n) is 15.4. The smallest absolute Gasteiger partial charge is 0.355 e. The third kappa shape index (κ3) is 2.79. The average Bonchev–Trinajstić information content (AvgIpc) is 3.35. The van der Waals surface area contributed by atoms with Gasteiger partial charge in [0.2, 0.25) is 0 Å². The minimum absolute atomic E-state index is 0.0798. The van der Waals surface area contributed by atoms with Crippen molar-refractivity contribution in [2.24, 2.45) is 0 Å². The fraction of sp³-hybridized carbons (Fsp3) is 0.200. The molecule has 0 atom stereocenters. The van der Waals surface area contributed by atoms with E-state index < -0.39 is 11.9 Å². The van der Waals surface area contributed by atoms with Crippen molar-refractivity contribution in [3.8, 4) is 5.69 Å². The Labute approximate surface area is 160 Å². The number of benzene rings is 2. The summed E-state index contributed by atoms with van der Waals surface area (Å²) in [6.45, 7) is 3.82. The molecule has 2 aromatic carbocycles. The van der Waals surface area contributed by atoms with Gasteiger partial charge < -0.3 is 14.5 Å². The number of hydrogen-bond acceptors (Lipinski definition) is 6. The van der Waals surface area contributed by atoms with Crippen molar-refractivity contribution in [3.63, 3.8) is 0 Å². The highest BCUT2D eigenvalue weighted by molar-refractivity contribution is 6.19. The zero-order chi connectivity index (χ0) is 19.7. The molecule has 0 saturated carbocycles. The SMILES string of the molecule is CCOC(=O)c1[nH]c2c(ccc3cccc(-n4ccnn4)c32)c1C(=O)OCC. The fourth-order valence-electron chi connectivity index (χ4n) is 3.32. The molecule has 2 heterocycles. The molecule has 0 aliphatic carbocycles. The van der Waals surface area contributed by atoms with Gasteiger partial charge in [-0.2, -0.15) is 0 Å². The largest absolute Gasteiger partial charge is 0.462 e. The number of nitrogens with one attached hydrogen (secondary N) is 1. The maximum Gasteiger partial charge on any atom is 0.355 e. The van der Waals surface area contributed by atoms with Crippen LogP contribution in [-0.4, -0.2) is 45.1 Å². The molecule has 1 N–H and O–H groups in total. The van der Waals surface area contributed by atoms with Crippen molar-refractivity contribution in [2.75, 3.05) is 13.2 Å². The van der Waals surface area contributed by atoms with Crippen LogP contribution in [0.2, 0.25) is 0 Å². The number of carbonyl (C=O) groups is 2. The van der Waals surface area contributed by atoms with Gasteiger partial charge >= 0.3 is 11.9 Å². The lowest BCUT2D eigenvalue weighted by Crippen LogP contribution is -2.13. The minimum Gasteiger partial charge on any atom is -0.462 e. The quantitative estimate of drug-likeness (QED) is 0.535. The molecule has 28 heavy (non-hydrogen) atoms. The molecule has 0 radical (unpaired) electrons. The summed E-state index contributed by atoms with van der Waals surface area (Å²) in [6, 6.07) is 9.44. The highest BCUT2D eigenvalue weighted by atomic mass is 16.5. The lowest BCUT2D eigenvalue weighted by atomic mass is 10.0. The number of hydrogen-bond donors (Lipinski definition) is 1. The Kier molecular flexibility index (Phi) is 4.52. The van der Waals surface area contributed by atoms with Gasteiger partial charge in [0, 0.05) is 10.8 Å². The van der Waals surface area contributed by atoms with Crippen LogP contribution < -0.4 is 0 Å². The summed E-state index contributed by atoms with van der Waals surface area (Å²) >= 11 is 0. The van der Waals surface area contributed by atoms with Crippen LogP contribution in [0.25, 0.3) is 27.4 Å². The first-order valence-electron chi connectivity index (χ1n) is 8.94. The van der Waals surface area contributed by atoms with Crippen LogP contribution in [0.4, 0.5) is 0 Å². The number of carbonyl (C=O) groups excluding carboxylic acids is 2. The highest BCUT2D eigenvalue weighted by Crippen LogP contribution is 2.33. The van der Waals surface area contributed by atoms with Crippen molar-refractivity contribution in [2.45, 2.75) is 13.8 Å². The lowest BCUT2D eigenvalue weighted by Gasteiger charge is -2.07. The number of ether oxygens (including phenoxy) is 2. The van der Waals surface area contributed by atoms with E-state index in [1.54, 1.807) is 37.0 Å². The van der Waals surface area contributed by atoms with Gasteiger partial charge in [-0.05, 0) is 25.3 Å². The van der Waals surface area contributed by atoms with E-state index in [4.69, 9.17) is 9.47 Å². The van der Waals surface area contributed by atoms with E-state index in [0.717, 1.165) is 16.5 Å². The first-order chi connectivity index (χ1) is 13.7. The van der Waals surface area contributed by atoms with Crippen molar-refractivity contribution in [3.05, 3.63) is 54.0 Å². The second kappa shape index (κ2) is 7.15. The molecule has 0 saturated heterocycles. The van der Waals surface area contributed by atoms with Crippen LogP contribution in [0.5, 0.6) is 0 Å². The first kappa shape index (κ1) is 17.7. The number of esters is 2. The summed E-state index contributed by atoms with van der Waals surface area (Å²) in [5.41, 5.74) is 1.66. The number of aromatic amines is 1. The molecule has 4 aromatic rings. The minimum atomic E-state index is -0.604. The third-order valence-corrected chi connectivity index (χ3v) is 4.42. The van der Waals surface area contributed by atoms with Gasteiger partial charge in [-0.25, -0.2) is 14.3 Å². The summed E-state index contributed by atoms with van der Waals surface area (Å²) in [6.07, 6.45) is 3.32. The van der Waals surface area contributed by atoms with Crippen LogP contribution >= 0.6 is 0 Å². The molecule has 8 heteroatoms. The van der Waals surface area contributed by atoms with E-state index in [9.17, 15) is 9.59 Å². The molecule has 0 fully saturated rings. The van der Waals surface area contributed by atoms with E-state index in [-0.39, 0.29) is 24.5 Å². The van der Waals surface area contributed by atoms with E-state index >= 15 is 0 Å². The topological polar surface area (TPSA) is 99.1 Å². The molecular weight excluding hydrogens is 360 g/mol. The van der Waals surface area contributed by atoms with Crippen molar-refractivity contribution >= 4 is 33.6 Å². The molecule has 2 aromatic heterocycles. The van der Waals surface area contributed by atoms with Gasteiger partial charge in [-0.3, -0.25) is 0 Å². The summed E-state index contributed by atoms with van der Waals surface area (Å²) in [7, 11) is 0. The standard InChI is InChI=1S/C20H18N4O4/c1-3-27-19(25)16-13-9-8-12-6-5-7-14(24-11-10-21-23-24)15(12)17(13)22-18(16)20(26)28-4-2/h5-11,22H,3-4H2,1-2H3. The second-order valence-corrected chi connectivity index (χ2v) is 6.03. The third-order valence-electron chi connectivity index (χ3n) is 4.42. The molecule has 8 nitrogen and oxygen atoms in total. The van der Waals surface area contributed by atoms with E-state index in [1.807, 2.05) is 24.3 Å². The summed E-state index contributed by atoms with van der Waals surface area (Å²) in [4.78, 5) is 28.2. The number of aromatic nitrogens is 4. The monoisotopic (exact) mass is 378 g/mol. The summed E-state index contributed by atoms with van der Waals surface area (Å²) < 4.78 is 12.0. The van der Waals surface area contributed by atoms with E-state index in [2.05, 4.69) is 15.3 Å². The Balaban J connectivity index is 2.07. The molecule has 0 unspecified atom stereocenters. The van der Waals surface area contributed by atoms with Gasteiger partial charge in [0.1, 0.15) is 5.69 Å². The highest BCUT2D eigenvalue weighted by Gasteiger charge is 2.26. The number of H-pyrrole nitrogens is 1. The second-order valence-electron chi connectivity index (χ2n) is 6.03. The lowest BCUT2D eigenvalue weighted by molar-refractivity contribution is 0.0477. The van der Waals surface area contributed by atoms with Gasteiger partial charge in [-0.1, -0.05) is 29.5 Å². The molecule has 0 aliphatic heterocycles. The van der Waals surface area contributed by atoms with Crippen molar-refractivity contribution in [1.29, 1.82) is 0 Å². The van der Waals surface area contributed by atoms with Gasteiger partial charge in [0.25, 0.3) is 0 Å². The zero-order valence-corrected chi connectivity index (χ0v) is 15.4. The Bertz CT molecular complexity index is 1180. The van der Waals surface area contributed by atoms with Crippen LogP contribution in [0.15, 0.2) is 42.7 Å². The maximum absolute atomic E-state index is 12.6. The molecule has 0 bridgehead atoms. The fourth-order valence-corrected chi connectivity index (χ4v) is 3.32. The molecule has 0 aliphatic rings. The summed E-state index contributed by atoms with van der Waals surface area (Å²) in [5.74, 6) is -1.18. The van der Waals surface area contributed by atoms with Gasteiger partial charge in [0.05, 0.1) is 42.4 Å². The first-order valence-corrected chi connectivity index (χ1v) is 8.94. The molecule has 142 valence electrons. The number of nitrogens with zero attached hydrogens (tertiary/aromatic N) is 3.